The zero-order chi connectivity index (χ0) is 13.3. The van der Waals surface area contributed by atoms with Crippen LogP contribution in [0.25, 0.3) is 0 Å². The summed E-state index contributed by atoms with van der Waals surface area (Å²) in [5.74, 6) is -2.05. The van der Waals surface area contributed by atoms with E-state index in [-0.39, 0.29) is 16.9 Å². The van der Waals surface area contributed by atoms with Gasteiger partial charge in [-0.25, -0.2) is 0 Å². The van der Waals surface area contributed by atoms with E-state index in [4.69, 9.17) is 5.26 Å². The maximum absolute atomic E-state index is 11.6. The molecule has 90 valence electrons. The summed E-state index contributed by atoms with van der Waals surface area (Å²) in [4.78, 5) is 11.6. The molecule has 0 aliphatic heterocycles. The lowest BCUT2D eigenvalue weighted by atomic mass is 9.87. The van der Waals surface area contributed by atoms with Gasteiger partial charge in [0.15, 0.2) is 17.3 Å². The molecule has 1 aromatic rings. The van der Waals surface area contributed by atoms with Gasteiger partial charge in [0.2, 0.25) is 0 Å². The predicted octanol–water partition coefficient (Wildman–Crippen LogP) is 2.52. The van der Waals surface area contributed by atoms with Gasteiger partial charge in [-0.15, -0.1) is 0 Å². The number of hydrogen-bond donors (Lipinski definition) is 2. The van der Waals surface area contributed by atoms with Crippen molar-refractivity contribution < 1.29 is 15.0 Å². The van der Waals surface area contributed by atoms with Crippen LogP contribution >= 0.6 is 0 Å². The third kappa shape index (κ3) is 1.66. The van der Waals surface area contributed by atoms with Crippen molar-refractivity contribution in [1.29, 1.82) is 5.26 Å². The summed E-state index contributed by atoms with van der Waals surface area (Å²) in [6.07, 6.45) is 0. The highest BCUT2D eigenvalue weighted by atomic mass is 16.3. The number of aliphatic hydroxyl groups is 2. The predicted molar refractivity (Wildman–Crippen MR) is 64.8 cm³/mol. The Morgan fingerprint density at radius 2 is 1.83 bits per heavy atom. The summed E-state index contributed by atoms with van der Waals surface area (Å²) in [5.41, 5.74) is 0.758. The number of rotatable bonds is 2. The van der Waals surface area contributed by atoms with Crippen LogP contribution in [0.2, 0.25) is 0 Å². The Hall–Kier alpha value is -2.54. The SMILES string of the molecule is CC(=O)C1=C(O)C(O)=C(C#N)C1c1ccccc1. The fraction of sp³-hybridized carbons (Fsp3) is 0.143. The highest BCUT2D eigenvalue weighted by molar-refractivity contribution is 5.98. The summed E-state index contributed by atoms with van der Waals surface area (Å²) >= 11 is 0. The Morgan fingerprint density at radius 1 is 1.22 bits per heavy atom. The van der Waals surface area contributed by atoms with Crippen LogP contribution < -0.4 is 0 Å². The second kappa shape index (κ2) is 4.38. The van der Waals surface area contributed by atoms with Crippen LogP contribution in [0.5, 0.6) is 0 Å². The van der Waals surface area contributed by atoms with Crippen molar-refractivity contribution in [3.8, 4) is 6.07 Å². The molecule has 2 rings (SSSR count). The van der Waals surface area contributed by atoms with Gasteiger partial charge in [0.05, 0.1) is 23.1 Å². The number of nitriles is 1. The van der Waals surface area contributed by atoms with Gasteiger partial charge in [0.25, 0.3) is 0 Å². The second-order valence-electron chi connectivity index (χ2n) is 4.04. The summed E-state index contributed by atoms with van der Waals surface area (Å²) in [6.45, 7) is 1.30. The maximum Gasteiger partial charge on any atom is 0.172 e. The molecular formula is C14H11NO3. The van der Waals surface area contributed by atoms with Crippen LogP contribution in [0, 0.1) is 11.3 Å². The number of nitrogens with zero attached hydrogens (tertiary/aromatic N) is 1. The van der Waals surface area contributed by atoms with Gasteiger partial charge >= 0.3 is 0 Å². The number of ketones is 1. The van der Waals surface area contributed by atoms with E-state index in [1.807, 2.05) is 12.1 Å². The lowest BCUT2D eigenvalue weighted by Gasteiger charge is -2.13. The molecule has 0 saturated heterocycles. The molecule has 0 fully saturated rings. The molecule has 1 aliphatic carbocycles. The van der Waals surface area contributed by atoms with Gasteiger partial charge in [-0.2, -0.15) is 5.26 Å². The molecule has 4 heteroatoms. The first-order valence-electron chi connectivity index (χ1n) is 5.40. The van der Waals surface area contributed by atoms with Crippen molar-refractivity contribution >= 4 is 5.78 Å². The minimum atomic E-state index is -0.686. The van der Waals surface area contributed by atoms with Crippen molar-refractivity contribution in [3.63, 3.8) is 0 Å². The Labute approximate surface area is 104 Å². The quantitative estimate of drug-likeness (QED) is 0.833. The Kier molecular flexibility index (Phi) is 2.90. The highest BCUT2D eigenvalue weighted by Crippen LogP contribution is 2.42. The number of carbonyl (C=O) groups excluding carboxylic acids is 1. The van der Waals surface area contributed by atoms with Gasteiger partial charge in [0.1, 0.15) is 0 Å². The van der Waals surface area contributed by atoms with E-state index >= 15 is 0 Å². The Morgan fingerprint density at radius 3 is 2.33 bits per heavy atom. The molecule has 1 atom stereocenters. The molecule has 4 nitrogen and oxygen atoms in total. The summed E-state index contributed by atoms with van der Waals surface area (Å²) in [6, 6.07) is 10.7. The third-order valence-corrected chi connectivity index (χ3v) is 2.94. The van der Waals surface area contributed by atoms with Gasteiger partial charge < -0.3 is 10.2 Å². The largest absolute Gasteiger partial charge is 0.504 e. The molecule has 2 N–H and O–H groups in total. The molecule has 1 aromatic carbocycles. The topological polar surface area (TPSA) is 81.3 Å². The monoisotopic (exact) mass is 241 g/mol. The van der Waals surface area contributed by atoms with E-state index in [1.54, 1.807) is 24.3 Å². The normalized spacial score (nSPS) is 19.0. The lowest BCUT2D eigenvalue weighted by molar-refractivity contribution is -0.113. The number of allylic oxidation sites excluding steroid dienone is 2. The molecule has 0 heterocycles. The van der Waals surface area contributed by atoms with E-state index in [2.05, 4.69) is 0 Å². The van der Waals surface area contributed by atoms with Crippen LogP contribution in [0.3, 0.4) is 0 Å². The molecule has 0 aromatic heterocycles. The van der Waals surface area contributed by atoms with Gasteiger partial charge in [-0.3, -0.25) is 4.79 Å². The summed E-state index contributed by atoms with van der Waals surface area (Å²) in [5, 5.41) is 28.5. The van der Waals surface area contributed by atoms with Crippen LogP contribution in [-0.4, -0.2) is 16.0 Å². The molecule has 0 saturated carbocycles. The number of aliphatic hydroxyl groups excluding tert-OH is 2. The molecule has 0 amide bonds. The van der Waals surface area contributed by atoms with Crippen LogP contribution in [0.15, 0.2) is 53.0 Å². The van der Waals surface area contributed by atoms with Gasteiger partial charge in [-0.1, -0.05) is 30.3 Å². The molecule has 1 unspecified atom stereocenters. The van der Waals surface area contributed by atoms with E-state index in [9.17, 15) is 15.0 Å². The van der Waals surface area contributed by atoms with Crippen molar-refractivity contribution in [2.45, 2.75) is 12.8 Å². The number of benzene rings is 1. The average molecular weight is 241 g/mol. The molecule has 0 bridgehead atoms. The summed E-state index contributed by atoms with van der Waals surface area (Å²) < 4.78 is 0. The average Bonchev–Trinajstić information content (AvgIpc) is 2.63. The molecule has 0 radical (unpaired) electrons. The minimum absolute atomic E-state index is 0.00361. The molecule has 0 spiro atoms. The fourth-order valence-corrected chi connectivity index (χ4v) is 2.14. The van der Waals surface area contributed by atoms with E-state index in [0.29, 0.717) is 5.56 Å². The molecular weight excluding hydrogens is 230 g/mol. The molecule has 1 aliphatic rings. The first-order chi connectivity index (χ1) is 8.57. The van der Waals surface area contributed by atoms with Crippen LogP contribution in [0.1, 0.15) is 18.4 Å². The summed E-state index contributed by atoms with van der Waals surface area (Å²) in [7, 11) is 0. The smallest absolute Gasteiger partial charge is 0.172 e. The first kappa shape index (κ1) is 11.9. The fourth-order valence-electron chi connectivity index (χ4n) is 2.14. The number of Topliss-reactive ketones (excluding diaryl/α,β-unsaturated/α-hetero) is 1. The lowest BCUT2D eigenvalue weighted by Crippen LogP contribution is -2.09. The van der Waals surface area contributed by atoms with Crippen LogP contribution in [0.4, 0.5) is 0 Å². The Bertz CT molecular complexity index is 606. The van der Waals surface area contributed by atoms with Gasteiger partial charge in [0, 0.05) is 0 Å². The zero-order valence-electron chi connectivity index (χ0n) is 9.71. The van der Waals surface area contributed by atoms with Crippen molar-refractivity contribution in [3.05, 3.63) is 58.6 Å². The van der Waals surface area contributed by atoms with Gasteiger partial charge in [-0.05, 0) is 12.5 Å². The minimum Gasteiger partial charge on any atom is -0.504 e. The zero-order valence-corrected chi connectivity index (χ0v) is 9.71. The van der Waals surface area contributed by atoms with Crippen molar-refractivity contribution in [2.24, 2.45) is 0 Å². The highest BCUT2D eigenvalue weighted by Gasteiger charge is 2.37. The van der Waals surface area contributed by atoms with Crippen molar-refractivity contribution in [2.75, 3.05) is 0 Å². The van der Waals surface area contributed by atoms with Crippen LogP contribution in [-0.2, 0) is 4.79 Å². The number of carbonyl (C=O) groups is 1. The first-order valence-corrected chi connectivity index (χ1v) is 5.40. The van der Waals surface area contributed by atoms with E-state index in [0.717, 1.165) is 0 Å². The maximum atomic E-state index is 11.6. The second-order valence-corrected chi connectivity index (χ2v) is 4.04. The van der Waals surface area contributed by atoms with Crippen molar-refractivity contribution in [1.82, 2.24) is 0 Å². The van der Waals surface area contributed by atoms with E-state index in [1.165, 1.54) is 6.92 Å². The third-order valence-electron chi connectivity index (χ3n) is 2.94. The number of hydrogen-bond acceptors (Lipinski definition) is 4. The molecule has 18 heavy (non-hydrogen) atoms. The standard InChI is InChI=1S/C14H11NO3/c1-8(16)11-12(9-5-3-2-4-6-9)10(7-15)13(17)14(11)18/h2-6,12,17-18H,1H3. The Balaban J connectivity index is 2.64. The van der Waals surface area contributed by atoms with E-state index < -0.39 is 17.4 Å².